The Morgan fingerprint density at radius 1 is 1.46 bits per heavy atom. The second-order valence-electron chi connectivity index (χ2n) is 2.69. The standard InChI is InChI=1S/C7H9Cl2NO2S/c1-2-3-4-10-5(11)6(12)13-7(10,8)9/h2-4H2,1H3. The number of hydrogen-bond donors (Lipinski definition) is 0. The number of hydrogen-bond acceptors (Lipinski definition) is 3. The predicted molar refractivity (Wildman–Crippen MR) is 53.7 cm³/mol. The Kier molecular flexibility index (Phi) is 3.49. The third kappa shape index (κ3) is 2.30. The number of unbranched alkanes of at least 4 members (excludes halogenated alkanes) is 1. The molecule has 6 heteroatoms. The smallest absolute Gasteiger partial charge is 0.294 e. The van der Waals surface area contributed by atoms with E-state index in [1.807, 2.05) is 6.92 Å². The largest absolute Gasteiger partial charge is 0.304 e. The van der Waals surface area contributed by atoms with E-state index in [4.69, 9.17) is 23.2 Å². The summed E-state index contributed by atoms with van der Waals surface area (Å²) >= 11 is 12.2. The third-order valence-electron chi connectivity index (χ3n) is 1.68. The summed E-state index contributed by atoms with van der Waals surface area (Å²) in [7, 11) is 0. The van der Waals surface area contributed by atoms with E-state index < -0.39 is 14.8 Å². The SMILES string of the molecule is CCCCN1C(=O)C(=O)SC1(Cl)Cl. The van der Waals surface area contributed by atoms with Gasteiger partial charge in [-0.15, -0.1) is 0 Å². The van der Waals surface area contributed by atoms with Gasteiger partial charge in [0.2, 0.25) is 3.79 Å². The number of amides is 1. The molecular weight excluding hydrogens is 233 g/mol. The maximum Gasteiger partial charge on any atom is 0.304 e. The molecule has 1 rings (SSSR count). The average molecular weight is 242 g/mol. The van der Waals surface area contributed by atoms with E-state index in [1.165, 1.54) is 4.90 Å². The van der Waals surface area contributed by atoms with Gasteiger partial charge in [-0.05, 0) is 18.2 Å². The lowest BCUT2D eigenvalue weighted by Gasteiger charge is -2.24. The lowest BCUT2D eigenvalue weighted by Crippen LogP contribution is -2.37. The molecule has 13 heavy (non-hydrogen) atoms. The van der Waals surface area contributed by atoms with Crippen molar-refractivity contribution in [2.75, 3.05) is 6.54 Å². The highest BCUT2D eigenvalue weighted by atomic mass is 35.5. The van der Waals surface area contributed by atoms with Crippen molar-refractivity contribution in [3.63, 3.8) is 0 Å². The van der Waals surface area contributed by atoms with Gasteiger partial charge in [-0.3, -0.25) is 14.5 Å². The van der Waals surface area contributed by atoms with Gasteiger partial charge in [0.15, 0.2) is 0 Å². The number of nitrogens with zero attached hydrogens (tertiary/aromatic N) is 1. The molecule has 0 radical (unpaired) electrons. The van der Waals surface area contributed by atoms with E-state index in [2.05, 4.69) is 0 Å². The first kappa shape index (κ1) is 11.1. The Balaban J connectivity index is 2.69. The summed E-state index contributed by atoms with van der Waals surface area (Å²) in [6, 6.07) is 0. The Labute approximate surface area is 90.7 Å². The Morgan fingerprint density at radius 3 is 2.46 bits per heavy atom. The Morgan fingerprint density at radius 2 is 2.08 bits per heavy atom. The molecule has 0 unspecified atom stereocenters. The van der Waals surface area contributed by atoms with Gasteiger partial charge in [-0.25, -0.2) is 0 Å². The highest BCUT2D eigenvalue weighted by molar-refractivity contribution is 8.19. The molecular formula is C7H9Cl2NO2S. The molecule has 0 aromatic rings. The highest BCUT2D eigenvalue weighted by Gasteiger charge is 2.49. The van der Waals surface area contributed by atoms with Gasteiger partial charge in [0.05, 0.1) is 0 Å². The quantitative estimate of drug-likeness (QED) is 0.431. The van der Waals surface area contributed by atoms with Crippen molar-refractivity contribution in [1.82, 2.24) is 4.90 Å². The van der Waals surface area contributed by atoms with Crippen LogP contribution in [-0.4, -0.2) is 26.3 Å². The summed E-state index contributed by atoms with van der Waals surface area (Å²) in [5.74, 6) is -0.594. The maximum absolute atomic E-state index is 11.2. The first-order valence-electron chi connectivity index (χ1n) is 3.92. The summed E-state index contributed by atoms with van der Waals surface area (Å²) in [6.07, 6.45) is 1.72. The molecule has 1 saturated heterocycles. The van der Waals surface area contributed by atoms with Crippen LogP contribution in [0.4, 0.5) is 0 Å². The van der Waals surface area contributed by atoms with Crippen molar-refractivity contribution in [3.8, 4) is 0 Å². The molecule has 1 amide bonds. The summed E-state index contributed by atoms with van der Waals surface area (Å²) in [5.41, 5.74) is 0. The number of carbonyl (C=O) groups excluding carboxylic acids is 2. The Bertz CT molecular complexity index is 245. The maximum atomic E-state index is 11.2. The van der Waals surface area contributed by atoms with Gasteiger partial charge in [-0.1, -0.05) is 36.5 Å². The average Bonchev–Trinajstić information content (AvgIpc) is 2.20. The molecule has 0 saturated carbocycles. The van der Waals surface area contributed by atoms with Crippen LogP contribution in [0.25, 0.3) is 0 Å². The van der Waals surface area contributed by atoms with E-state index >= 15 is 0 Å². The van der Waals surface area contributed by atoms with Crippen molar-refractivity contribution < 1.29 is 9.59 Å². The minimum atomic E-state index is -1.40. The molecule has 0 spiro atoms. The third-order valence-corrected chi connectivity index (χ3v) is 3.38. The van der Waals surface area contributed by atoms with Crippen molar-refractivity contribution >= 4 is 46.0 Å². The molecule has 0 aromatic heterocycles. The van der Waals surface area contributed by atoms with Gasteiger partial charge >= 0.3 is 5.91 Å². The van der Waals surface area contributed by atoms with E-state index in [-0.39, 0.29) is 0 Å². The second kappa shape index (κ2) is 4.07. The van der Waals surface area contributed by atoms with E-state index in [0.717, 1.165) is 12.8 Å². The van der Waals surface area contributed by atoms with Crippen LogP contribution in [0.1, 0.15) is 19.8 Å². The lowest BCUT2D eigenvalue weighted by molar-refractivity contribution is -0.139. The molecule has 0 aromatic carbocycles. The molecule has 1 aliphatic heterocycles. The molecule has 0 bridgehead atoms. The fraction of sp³-hybridized carbons (Fsp3) is 0.714. The minimum absolute atomic E-state index is 0.432. The predicted octanol–water partition coefficient (Wildman–Crippen LogP) is 1.98. The topological polar surface area (TPSA) is 37.4 Å². The monoisotopic (exact) mass is 241 g/mol. The fourth-order valence-electron chi connectivity index (χ4n) is 0.987. The van der Waals surface area contributed by atoms with Crippen LogP contribution in [0.5, 0.6) is 0 Å². The van der Waals surface area contributed by atoms with Gasteiger partial charge < -0.3 is 0 Å². The number of alkyl halides is 2. The van der Waals surface area contributed by atoms with Gasteiger partial charge in [0.25, 0.3) is 5.12 Å². The molecule has 1 aliphatic rings. The molecule has 0 atom stereocenters. The number of thioether (sulfide) groups is 1. The zero-order valence-electron chi connectivity index (χ0n) is 7.05. The van der Waals surface area contributed by atoms with Crippen molar-refractivity contribution in [1.29, 1.82) is 0 Å². The molecule has 74 valence electrons. The van der Waals surface area contributed by atoms with Crippen molar-refractivity contribution in [2.45, 2.75) is 23.6 Å². The van der Waals surface area contributed by atoms with Crippen LogP contribution in [-0.2, 0) is 9.59 Å². The minimum Gasteiger partial charge on any atom is -0.294 e. The van der Waals surface area contributed by atoms with Gasteiger partial charge in [0, 0.05) is 6.54 Å². The van der Waals surface area contributed by atoms with Crippen LogP contribution in [0, 0.1) is 0 Å². The first-order valence-corrected chi connectivity index (χ1v) is 5.49. The van der Waals surface area contributed by atoms with Gasteiger partial charge in [-0.2, -0.15) is 0 Å². The molecule has 0 N–H and O–H groups in total. The van der Waals surface area contributed by atoms with Crippen LogP contribution < -0.4 is 0 Å². The van der Waals surface area contributed by atoms with Crippen LogP contribution in [0.2, 0.25) is 0 Å². The summed E-state index contributed by atoms with van der Waals surface area (Å²) < 4.78 is -1.40. The molecule has 1 fully saturated rings. The summed E-state index contributed by atoms with van der Waals surface area (Å²) in [6.45, 7) is 2.42. The summed E-state index contributed by atoms with van der Waals surface area (Å²) in [5, 5.41) is -0.582. The second-order valence-corrected chi connectivity index (χ2v) is 5.59. The molecule has 0 aliphatic carbocycles. The molecule has 3 nitrogen and oxygen atoms in total. The number of carbonyl (C=O) groups is 2. The summed E-state index contributed by atoms with van der Waals surface area (Å²) in [4.78, 5) is 23.4. The molecule has 1 heterocycles. The zero-order chi connectivity index (χ0) is 10.1. The Hall–Kier alpha value is 0.0700. The van der Waals surface area contributed by atoms with E-state index in [1.54, 1.807) is 0 Å². The highest BCUT2D eigenvalue weighted by Crippen LogP contribution is 2.44. The van der Waals surface area contributed by atoms with Crippen LogP contribution in [0.3, 0.4) is 0 Å². The number of rotatable bonds is 3. The lowest BCUT2D eigenvalue weighted by atomic mass is 10.3. The fourth-order valence-corrected chi connectivity index (χ4v) is 2.43. The van der Waals surface area contributed by atoms with Crippen molar-refractivity contribution in [3.05, 3.63) is 0 Å². The van der Waals surface area contributed by atoms with E-state index in [0.29, 0.717) is 18.3 Å². The van der Waals surface area contributed by atoms with Crippen molar-refractivity contribution in [2.24, 2.45) is 0 Å². The zero-order valence-corrected chi connectivity index (χ0v) is 9.38. The van der Waals surface area contributed by atoms with E-state index in [9.17, 15) is 9.59 Å². The first-order chi connectivity index (χ1) is 5.99. The van der Waals surface area contributed by atoms with Crippen LogP contribution >= 0.6 is 35.0 Å². The van der Waals surface area contributed by atoms with Crippen LogP contribution in [0.15, 0.2) is 0 Å². The van der Waals surface area contributed by atoms with Gasteiger partial charge in [0.1, 0.15) is 0 Å². The number of halogens is 2. The normalized spacial score (nSPS) is 21.3.